The topological polar surface area (TPSA) is 66.8 Å². The monoisotopic (exact) mass is 214 g/mol. The zero-order valence-corrected chi connectivity index (χ0v) is 8.32. The molecule has 0 amide bonds. The van der Waals surface area contributed by atoms with Crippen LogP contribution in [0, 0.1) is 5.82 Å². The molecule has 0 saturated carbocycles. The van der Waals surface area contributed by atoms with Crippen molar-refractivity contribution in [2.24, 2.45) is 0 Å². The van der Waals surface area contributed by atoms with Crippen molar-refractivity contribution >= 4 is 5.97 Å². The van der Waals surface area contributed by atoms with Gasteiger partial charge in [0.05, 0.1) is 13.0 Å². The molecule has 0 radical (unpaired) electrons. The number of rotatable bonds is 3. The predicted octanol–water partition coefficient (Wildman–Crippen LogP) is 1.73. The van der Waals surface area contributed by atoms with Gasteiger partial charge in [-0.2, -0.15) is 4.39 Å². The first kappa shape index (κ1) is 11.3. The molecule has 0 fully saturated rings. The van der Waals surface area contributed by atoms with Crippen LogP contribution in [0.3, 0.4) is 0 Å². The Morgan fingerprint density at radius 3 is 2.60 bits per heavy atom. The lowest BCUT2D eigenvalue weighted by atomic mass is 10.0. The summed E-state index contributed by atoms with van der Waals surface area (Å²) in [6.45, 7) is 1.44. The van der Waals surface area contributed by atoms with Gasteiger partial charge in [-0.05, 0) is 24.6 Å². The lowest BCUT2D eigenvalue weighted by Gasteiger charge is -2.10. The average molecular weight is 214 g/mol. The van der Waals surface area contributed by atoms with Gasteiger partial charge in [-0.1, -0.05) is 0 Å². The van der Waals surface area contributed by atoms with E-state index in [0.717, 1.165) is 6.07 Å². The second-order valence-electron chi connectivity index (χ2n) is 3.12. The summed E-state index contributed by atoms with van der Waals surface area (Å²) in [4.78, 5) is 10.7. The van der Waals surface area contributed by atoms with Gasteiger partial charge in [0.2, 0.25) is 5.82 Å². The molecule has 0 heterocycles. The third-order valence-electron chi connectivity index (χ3n) is 2.13. The third-order valence-corrected chi connectivity index (χ3v) is 2.13. The molecular formula is C10H11FO4. The van der Waals surface area contributed by atoms with E-state index in [1.165, 1.54) is 20.1 Å². The fraction of sp³-hybridized carbons (Fsp3) is 0.300. The van der Waals surface area contributed by atoms with Gasteiger partial charge < -0.3 is 14.9 Å². The van der Waals surface area contributed by atoms with Crippen LogP contribution in [0.25, 0.3) is 0 Å². The van der Waals surface area contributed by atoms with E-state index in [4.69, 9.17) is 5.11 Å². The van der Waals surface area contributed by atoms with Crippen LogP contribution in [0.2, 0.25) is 0 Å². The molecule has 0 aliphatic rings. The van der Waals surface area contributed by atoms with Gasteiger partial charge in [-0.3, -0.25) is 4.79 Å². The van der Waals surface area contributed by atoms with E-state index in [9.17, 15) is 14.3 Å². The Morgan fingerprint density at radius 1 is 1.53 bits per heavy atom. The first-order valence-electron chi connectivity index (χ1n) is 4.26. The summed E-state index contributed by atoms with van der Waals surface area (Å²) in [5.41, 5.74) is 0.290. The molecule has 1 aromatic rings. The number of hydrogen-bond acceptors (Lipinski definition) is 3. The summed E-state index contributed by atoms with van der Waals surface area (Å²) in [5, 5.41) is 17.9. The number of aromatic hydroxyl groups is 1. The van der Waals surface area contributed by atoms with E-state index in [-0.39, 0.29) is 5.75 Å². The summed E-state index contributed by atoms with van der Waals surface area (Å²) < 4.78 is 17.8. The van der Waals surface area contributed by atoms with E-state index in [1.807, 2.05) is 0 Å². The van der Waals surface area contributed by atoms with Crippen LogP contribution in [-0.2, 0) is 4.79 Å². The number of phenols is 1. The highest BCUT2D eigenvalue weighted by Gasteiger charge is 2.18. The van der Waals surface area contributed by atoms with Crippen LogP contribution in [0.5, 0.6) is 11.5 Å². The summed E-state index contributed by atoms with van der Waals surface area (Å²) >= 11 is 0. The number of phenolic OH excluding ortho intramolecular Hbond substituents is 1. The van der Waals surface area contributed by atoms with E-state index in [1.54, 1.807) is 0 Å². The van der Waals surface area contributed by atoms with E-state index < -0.39 is 23.5 Å². The molecular weight excluding hydrogens is 203 g/mol. The van der Waals surface area contributed by atoms with E-state index >= 15 is 0 Å². The Labute approximate surface area is 85.9 Å². The fourth-order valence-corrected chi connectivity index (χ4v) is 1.14. The molecule has 0 aromatic heterocycles. The number of hydrogen-bond donors (Lipinski definition) is 2. The number of carboxylic acid groups (broad SMARTS) is 1. The van der Waals surface area contributed by atoms with Gasteiger partial charge in [0.25, 0.3) is 0 Å². The Morgan fingerprint density at radius 2 is 2.13 bits per heavy atom. The molecule has 1 unspecified atom stereocenters. The van der Waals surface area contributed by atoms with Crippen LogP contribution >= 0.6 is 0 Å². The second-order valence-corrected chi connectivity index (χ2v) is 3.12. The highest BCUT2D eigenvalue weighted by molar-refractivity contribution is 5.76. The molecule has 1 atom stereocenters. The molecule has 5 heteroatoms. The van der Waals surface area contributed by atoms with E-state index in [2.05, 4.69) is 4.74 Å². The van der Waals surface area contributed by atoms with Gasteiger partial charge in [0.1, 0.15) is 0 Å². The van der Waals surface area contributed by atoms with Crippen molar-refractivity contribution in [3.8, 4) is 11.5 Å². The van der Waals surface area contributed by atoms with Gasteiger partial charge >= 0.3 is 5.97 Å². The van der Waals surface area contributed by atoms with Gasteiger partial charge in [0, 0.05) is 0 Å². The van der Waals surface area contributed by atoms with Crippen LogP contribution in [0.1, 0.15) is 18.4 Å². The standard InChI is InChI=1S/C10H11FO4/c1-5(10(13)14)6-3-7(12)9(11)8(4-6)15-2/h3-5,12H,1-2H3,(H,13,14). The largest absolute Gasteiger partial charge is 0.505 e. The summed E-state index contributed by atoms with van der Waals surface area (Å²) in [6.07, 6.45) is 0. The first-order chi connectivity index (χ1) is 6.97. The van der Waals surface area contributed by atoms with Crippen molar-refractivity contribution in [3.05, 3.63) is 23.5 Å². The number of aliphatic carboxylic acids is 1. The number of benzene rings is 1. The SMILES string of the molecule is COc1cc(C(C)C(=O)O)cc(O)c1F. The Kier molecular flexibility index (Phi) is 3.14. The lowest BCUT2D eigenvalue weighted by molar-refractivity contribution is -0.138. The van der Waals surface area contributed by atoms with Crippen molar-refractivity contribution in [3.63, 3.8) is 0 Å². The fourth-order valence-electron chi connectivity index (χ4n) is 1.14. The van der Waals surface area contributed by atoms with E-state index in [0.29, 0.717) is 5.56 Å². The molecule has 1 rings (SSSR count). The predicted molar refractivity (Wildman–Crippen MR) is 50.7 cm³/mol. The van der Waals surface area contributed by atoms with Gasteiger partial charge in [0.15, 0.2) is 11.5 Å². The molecule has 0 spiro atoms. The summed E-state index contributed by atoms with van der Waals surface area (Å²) in [7, 11) is 1.24. The van der Waals surface area contributed by atoms with Gasteiger partial charge in [-0.15, -0.1) is 0 Å². The Hall–Kier alpha value is -1.78. The molecule has 1 aromatic carbocycles. The highest BCUT2D eigenvalue weighted by atomic mass is 19.1. The van der Waals surface area contributed by atoms with Crippen LogP contribution in [0.15, 0.2) is 12.1 Å². The maximum absolute atomic E-state index is 13.1. The second kappa shape index (κ2) is 4.16. The van der Waals surface area contributed by atoms with Crippen molar-refractivity contribution in [2.45, 2.75) is 12.8 Å². The highest BCUT2D eigenvalue weighted by Crippen LogP contribution is 2.30. The maximum Gasteiger partial charge on any atom is 0.310 e. The minimum atomic E-state index is -1.05. The number of carbonyl (C=O) groups is 1. The minimum Gasteiger partial charge on any atom is -0.505 e. The number of ether oxygens (including phenoxy) is 1. The molecule has 4 nitrogen and oxygen atoms in total. The average Bonchev–Trinajstić information content (AvgIpc) is 2.20. The van der Waals surface area contributed by atoms with Crippen LogP contribution in [0.4, 0.5) is 4.39 Å². The molecule has 82 valence electrons. The minimum absolute atomic E-state index is 0.168. The molecule has 0 saturated heterocycles. The van der Waals surface area contributed by atoms with Crippen molar-refractivity contribution in [1.82, 2.24) is 0 Å². The molecule has 0 aliphatic heterocycles. The number of halogens is 1. The molecule has 0 bridgehead atoms. The Balaban J connectivity index is 3.22. The molecule has 0 aliphatic carbocycles. The van der Waals surface area contributed by atoms with Crippen LogP contribution in [-0.4, -0.2) is 23.3 Å². The molecule has 15 heavy (non-hydrogen) atoms. The van der Waals surface area contributed by atoms with Crippen molar-refractivity contribution < 1.29 is 24.1 Å². The smallest absolute Gasteiger partial charge is 0.310 e. The van der Waals surface area contributed by atoms with Gasteiger partial charge in [-0.25, -0.2) is 0 Å². The number of methoxy groups -OCH3 is 1. The Bertz CT molecular complexity index is 389. The summed E-state index contributed by atoms with van der Waals surface area (Å²) in [5.74, 6) is -3.55. The zero-order chi connectivity index (χ0) is 11.6. The summed E-state index contributed by atoms with van der Waals surface area (Å²) in [6, 6.07) is 2.34. The van der Waals surface area contributed by atoms with Crippen LogP contribution < -0.4 is 4.74 Å². The lowest BCUT2D eigenvalue weighted by Crippen LogP contribution is -2.07. The maximum atomic E-state index is 13.1. The van der Waals surface area contributed by atoms with Crippen molar-refractivity contribution in [2.75, 3.05) is 7.11 Å². The third kappa shape index (κ3) is 2.18. The quantitative estimate of drug-likeness (QED) is 0.804. The van der Waals surface area contributed by atoms with Crippen molar-refractivity contribution in [1.29, 1.82) is 0 Å². The first-order valence-corrected chi connectivity index (χ1v) is 4.26. The molecule has 2 N–H and O–H groups in total. The number of carboxylic acids is 1. The normalized spacial score (nSPS) is 12.2. The zero-order valence-electron chi connectivity index (χ0n) is 8.32.